The van der Waals surface area contributed by atoms with Crippen molar-refractivity contribution in [3.05, 3.63) is 123 Å². The molecule has 4 heterocycles. The molecule has 20 nitrogen and oxygen atoms in total. The van der Waals surface area contributed by atoms with Gasteiger partial charge in [-0.25, -0.2) is 4.98 Å². The van der Waals surface area contributed by atoms with Crippen molar-refractivity contribution < 1.29 is 71.4 Å². The number of carbonyl (C=O) groups excluding carboxylic acids is 6. The standard InChI is InChI=1S/C57H65N5O15S/c1-38-6-3-4-9-45(38)54(66)61-17-16-41-36-42(10-13-48(41)61)52-39(2)78-57(60-52)59-51(64)35-40-7-5-8-43(34-40)76-32-30-74-28-26-72-24-22-70-20-18-69-19-21-71-23-25-73-27-29-75-31-33-77-44-11-12-46-47(37-44)56(68)62(55(46)67)49-14-15-50(63)58-53(49)65/h3-13,34,36-37,49H,14-33,35H2,1-2H3,(H,58,63,65)(H,59,60,64). The lowest BCUT2D eigenvalue weighted by molar-refractivity contribution is -0.136. The number of thiazole rings is 1. The summed E-state index contributed by atoms with van der Waals surface area (Å²) in [5, 5.41) is 5.67. The molecule has 8 rings (SSSR count). The number of nitrogens with one attached hydrogen (secondary N) is 2. The summed E-state index contributed by atoms with van der Waals surface area (Å²) in [6.07, 6.45) is 1.06. The van der Waals surface area contributed by atoms with Crippen molar-refractivity contribution in [2.45, 2.75) is 45.6 Å². The molecule has 1 saturated heterocycles. The van der Waals surface area contributed by atoms with Crippen LogP contribution in [0.3, 0.4) is 0 Å². The summed E-state index contributed by atoms with van der Waals surface area (Å²) >= 11 is 1.43. The molecule has 0 saturated carbocycles. The van der Waals surface area contributed by atoms with Gasteiger partial charge in [0.2, 0.25) is 17.7 Å². The van der Waals surface area contributed by atoms with Crippen LogP contribution in [0.2, 0.25) is 0 Å². The molecule has 78 heavy (non-hydrogen) atoms. The Balaban J connectivity index is 0.574. The van der Waals surface area contributed by atoms with Gasteiger partial charge >= 0.3 is 0 Å². The highest BCUT2D eigenvalue weighted by molar-refractivity contribution is 7.16. The minimum Gasteiger partial charge on any atom is -0.491 e. The second-order valence-electron chi connectivity index (χ2n) is 18.3. The summed E-state index contributed by atoms with van der Waals surface area (Å²) in [4.78, 5) is 84.6. The Bertz CT molecular complexity index is 2890. The first-order valence-electron chi connectivity index (χ1n) is 26.1. The lowest BCUT2D eigenvalue weighted by Crippen LogP contribution is -2.54. The minimum atomic E-state index is -1.02. The molecule has 414 valence electrons. The Hall–Kier alpha value is -6.95. The number of fused-ring (bicyclic) bond motifs is 2. The third-order valence-electron chi connectivity index (χ3n) is 12.8. The van der Waals surface area contributed by atoms with Crippen LogP contribution in [-0.4, -0.2) is 164 Å². The highest BCUT2D eigenvalue weighted by Gasteiger charge is 2.44. The third-order valence-corrected chi connectivity index (χ3v) is 13.7. The summed E-state index contributed by atoms with van der Waals surface area (Å²) in [6, 6.07) is 24.7. The highest BCUT2D eigenvalue weighted by Crippen LogP contribution is 2.37. The number of carbonyl (C=O) groups is 6. The molecule has 3 aliphatic rings. The molecule has 1 aromatic heterocycles. The number of ether oxygens (including phenoxy) is 9. The fraction of sp³-hybridized carbons (Fsp3) is 0.421. The zero-order chi connectivity index (χ0) is 54.6. The zero-order valence-corrected chi connectivity index (χ0v) is 44.7. The predicted octanol–water partition coefficient (Wildman–Crippen LogP) is 5.79. The molecular weight excluding hydrogens is 1030 g/mol. The van der Waals surface area contributed by atoms with Crippen LogP contribution in [0.4, 0.5) is 10.8 Å². The first-order chi connectivity index (χ1) is 38.0. The quantitative estimate of drug-likeness (QED) is 0.0384. The van der Waals surface area contributed by atoms with E-state index in [0.29, 0.717) is 121 Å². The molecule has 3 aliphatic heterocycles. The van der Waals surface area contributed by atoms with E-state index >= 15 is 0 Å². The Labute approximate surface area is 456 Å². The van der Waals surface area contributed by atoms with E-state index in [4.69, 9.17) is 47.6 Å². The second-order valence-corrected chi connectivity index (χ2v) is 19.5. The number of nitrogens with zero attached hydrogens (tertiary/aromatic N) is 3. The van der Waals surface area contributed by atoms with Crippen LogP contribution in [-0.2, 0) is 60.4 Å². The van der Waals surface area contributed by atoms with Gasteiger partial charge in [-0.2, -0.15) is 0 Å². The van der Waals surface area contributed by atoms with Gasteiger partial charge < -0.3 is 52.8 Å². The van der Waals surface area contributed by atoms with Gasteiger partial charge in [0.15, 0.2) is 5.13 Å². The number of aryl methyl sites for hydroxylation is 2. The van der Waals surface area contributed by atoms with Gasteiger partial charge in [-0.3, -0.25) is 39.0 Å². The molecule has 1 unspecified atom stereocenters. The van der Waals surface area contributed by atoms with E-state index in [2.05, 4.69) is 16.7 Å². The molecule has 0 bridgehead atoms. The molecule has 2 N–H and O–H groups in total. The number of hydrogen-bond acceptors (Lipinski definition) is 17. The Kier molecular flexibility index (Phi) is 21.4. The van der Waals surface area contributed by atoms with Gasteiger partial charge in [-0.1, -0.05) is 36.4 Å². The second kappa shape index (κ2) is 29.1. The molecule has 0 radical (unpaired) electrons. The van der Waals surface area contributed by atoms with Gasteiger partial charge in [-0.05, 0) is 91.9 Å². The average molecular weight is 1090 g/mol. The first kappa shape index (κ1) is 57.2. The number of amides is 6. The molecular formula is C57H65N5O15S. The van der Waals surface area contributed by atoms with E-state index in [1.165, 1.54) is 23.5 Å². The lowest BCUT2D eigenvalue weighted by Gasteiger charge is -2.27. The molecule has 21 heteroatoms. The summed E-state index contributed by atoms with van der Waals surface area (Å²) in [5.74, 6) is -1.40. The van der Waals surface area contributed by atoms with Gasteiger partial charge in [0.05, 0.1) is 116 Å². The Morgan fingerprint density at radius 3 is 1.85 bits per heavy atom. The molecule has 4 aromatic carbocycles. The van der Waals surface area contributed by atoms with E-state index in [1.807, 2.05) is 79.4 Å². The van der Waals surface area contributed by atoms with Crippen molar-refractivity contribution in [3.63, 3.8) is 0 Å². The molecule has 0 spiro atoms. The van der Waals surface area contributed by atoms with Crippen LogP contribution in [0.25, 0.3) is 11.3 Å². The first-order valence-corrected chi connectivity index (χ1v) is 26.9. The number of imide groups is 2. The number of aromatic nitrogens is 1. The Morgan fingerprint density at radius 2 is 1.23 bits per heavy atom. The van der Waals surface area contributed by atoms with Crippen molar-refractivity contribution in [2.75, 3.05) is 122 Å². The van der Waals surface area contributed by atoms with Crippen LogP contribution >= 0.6 is 11.3 Å². The monoisotopic (exact) mass is 1090 g/mol. The summed E-state index contributed by atoms with van der Waals surface area (Å²) in [5.41, 5.74) is 6.59. The van der Waals surface area contributed by atoms with Crippen LogP contribution < -0.4 is 25.0 Å². The highest BCUT2D eigenvalue weighted by atomic mass is 32.1. The van der Waals surface area contributed by atoms with Gasteiger partial charge in [0, 0.05) is 34.7 Å². The van der Waals surface area contributed by atoms with Crippen LogP contribution in [0, 0.1) is 13.8 Å². The fourth-order valence-corrected chi connectivity index (χ4v) is 9.78. The van der Waals surface area contributed by atoms with Gasteiger partial charge in [0.1, 0.15) is 30.8 Å². The number of benzene rings is 4. The van der Waals surface area contributed by atoms with Crippen molar-refractivity contribution in [2.24, 2.45) is 0 Å². The molecule has 5 aromatic rings. The number of rotatable bonds is 32. The van der Waals surface area contributed by atoms with E-state index < -0.39 is 29.7 Å². The van der Waals surface area contributed by atoms with Gasteiger partial charge in [0.25, 0.3) is 17.7 Å². The third kappa shape index (κ3) is 15.8. The SMILES string of the molecule is Cc1ccccc1C(=O)N1CCc2cc(-c3nc(NC(=O)Cc4cccc(OCCOCCOCCOCCOCCOCCOCCOCCOc5ccc6c(c5)C(=O)N(C5CCC(=O)NC5=O)C6=O)c4)sc3C)ccc21. The maximum absolute atomic E-state index is 13.4. The van der Waals surface area contributed by atoms with Crippen molar-refractivity contribution >= 4 is 57.6 Å². The van der Waals surface area contributed by atoms with Gasteiger partial charge in [-0.15, -0.1) is 11.3 Å². The van der Waals surface area contributed by atoms with Crippen molar-refractivity contribution in [1.29, 1.82) is 0 Å². The van der Waals surface area contributed by atoms with Crippen molar-refractivity contribution in [3.8, 4) is 22.8 Å². The number of piperidine rings is 1. The summed E-state index contributed by atoms with van der Waals surface area (Å²) < 4.78 is 50.5. The van der Waals surface area contributed by atoms with E-state index in [0.717, 1.165) is 49.8 Å². The van der Waals surface area contributed by atoms with Crippen LogP contribution in [0.5, 0.6) is 11.5 Å². The molecule has 0 aliphatic carbocycles. The van der Waals surface area contributed by atoms with Crippen LogP contribution in [0.1, 0.15) is 65.5 Å². The summed E-state index contributed by atoms with van der Waals surface area (Å²) in [7, 11) is 0. The summed E-state index contributed by atoms with van der Waals surface area (Å²) in [6.45, 7) is 10.7. The zero-order valence-electron chi connectivity index (χ0n) is 43.9. The number of hydrogen-bond donors (Lipinski definition) is 2. The maximum atomic E-state index is 13.4. The minimum absolute atomic E-state index is 0.00766. The number of anilines is 2. The fourth-order valence-electron chi connectivity index (χ4n) is 8.93. The van der Waals surface area contributed by atoms with Crippen LogP contribution in [0.15, 0.2) is 84.9 Å². The molecule has 6 amide bonds. The predicted molar refractivity (Wildman–Crippen MR) is 287 cm³/mol. The Morgan fingerprint density at radius 1 is 0.641 bits per heavy atom. The lowest BCUT2D eigenvalue weighted by atomic mass is 10.0. The van der Waals surface area contributed by atoms with E-state index in [9.17, 15) is 28.8 Å². The molecule has 1 atom stereocenters. The maximum Gasteiger partial charge on any atom is 0.262 e. The molecule has 1 fully saturated rings. The largest absolute Gasteiger partial charge is 0.491 e. The average Bonchev–Trinajstić information content (AvgIpc) is 4.33. The van der Waals surface area contributed by atoms with Crippen molar-refractivity contribution in [1.82, 2.24) is 15.2 Å². The van der Waals surface area contributed by atoms with E-state index in [-0.39, 0.29) is 55.4 Å². The topological polar surface area (TPSA) is 229 Å². The smallest absolute Gasteiger partial charge is 0.262 e. The normalized spacial score (nSPS) is 14.9. The van der Waals surface area contributed by atoms with E-state index in [1.54, 1.807) is 6.07 Å².